The van der Waals surface area contributed by atoms with E-state index in [0.29, 0.717) is 43.4 Å². The molecule has 0 saturated carbocycles. The highest BCUT2D eigenvalue weighted by molar-refractivity contribution is 7.89. The Morgan fingerprint density at radius 1 is 0.867 bits per heavy atom. The number of sulfonamides is 1. The molecule has 1 fully saturated rings. The van der Waals surface area contributed by atoms with Crippen LogP contribution in [0.15, 0.2) is 65.6 Å². The van der Waals surface area contributed by atoms with Crippen molar-refractivity contribution in [3.05, 3.63) is 66.5 Å². The third-order valence-corrected chi connectivity index (χ3v) is 6.96. The van der Waals surface area contributed by atoms with Crippen molar-refractivity contribution < 1.29 is 17.5 Å². The van der Waals surface area contributed by atoms with Crippen molar-refractivity contribution in [3.8, 4) is 17.0 Å². The van der Waals surface area contributed by atoms with Crippen LogP contribution >= 0.6 is 0 Å². The van der Waals surface area contributed by atoms with E-state index in [4.69, 9.17) is 4.74 Å². The van der Waals surface area contributed by atoms with Crippen LogP contribution in [0.5, 0.6) is 5.75 Å². The molecule has 0 bridgehead atoms. The summed E-state index contributed by atoms with van der Waals surface area (Å²) >= 11 is 0. The highest BCUT2D eigenvalue weighted by Crippen LogP contribution is 2.23. The van der Waals surface area contributed by atoms with E-state index in [1.165, 1.54) is 23.5 Å². The van der Waals surface area contributed by atoms with Crippen LogP contribution < -0.4 is 9.64 Å². The van der Waals surface area contributed by atoms with Gasteiger partial charge < -0.3 is 9.64 Å². The Morgan fingerprint density at radius 2 is 1.53 bits per heavy atom. The molecule has 30 heavy (non-hydrogen) atoms. The molecule has 0 N–H and O–H groups in total. The summed E-state index contributed by atoms with van der Waals surface area (Å²) in [6.45, 7) is 1.74. The number of hydrogen-bond acceptors (Lipinski definition) is 6. The second-order valence-electron chi connectivity index (χ2n) is 6.85. The molecule has 0 aliphatic carbocycles. The number of methoxy groups -OCH3 is 1. The monoisotopic (exact) mass is 428 g/mol. The average Bonchev–Trinajstić information content (AvgIpc) is 2.80. The lowest BCUT2D eigenvalue weighted by Crippen LogP contribution is -2.48. The van der Waals surface area contributed by atoms with Crippen LogP contribution in [0.2, 0.25) is 0 Å². The van der Waals surface area contributed by atoms with Crippen LogP contribution in [0.4, 0.5) is 10.2 Å². The Morgan fingerprint density at radius 3 is 2.10 bits per heavy atom. The first kappa shape index (κ1) is 20.2. The zero-order valence-electron chi connectivity index (χ0n) is 16.4. The maximum absolute atomic E-state index is 13.1. The van der Waals surface area contributed by atoms with Gasteiger partial charge in [0, 0.05) is 31.7 Å². The van der Waals surface area contributed by atoms with Crippen molar-refractivity contribution in [2.45, 2.75) is 4.90 Å². The van der Waals surface area contributed by atoms with Gasteiger partial charge in [-0.3, -0.25) is 0 Å². The standard InChI is InChI=1S/C21H21FN4O3S/c1-29-18-6-8-19(9-7-18)30(27,28)26-14-12-25(13-15-26)21-11-10-20(23-24-21)16-2-4-17(22)5-3-16/h2-11H,12-15H2,1H3. The minimum absolute atomic E-state index is 0.250. The molecule has 3 aromatic rings. The molecule has 0 amide bonds. The number of anilines is 1. The molecule has 2 aromatic carbocycles. The molecule has 0 atom stereocenters. The number of ether oxygens (including phenoxy) is 1. The highest BCUT2D eigenvalue weighted by atomic mass is 32.2. The van der Waals surface area contributed by atoms with Crippen LogP contribution in [-0.2, 0) is 10.0 Å². The minimum Gasteiger partial charge on any atom is -0.497 e. The maximum atomic E-state index is 13.1. The van der Waals surface area contributed by atoms with Crippen molar-refractivity contribution in [2.24, 2.45) is 0 Å². The van der Waals surface area contributed by atoms with Crippen molar-refractivity contribution in [2.75, 3.05) is 38.2 Å². The summed E-state index contributed by atoms with van der Waals surface area (Å²) in [4.78, 5) is 2.25. The Kier molecular flexibility index (Phi) is 5.65. The molecule has 9 heteroatoms. The third kappa shape index (κ3) is 4.12. The Hall–Kier alpha value is -3.04. The minimum atomic E-state index is -3.55. The van der Waals surface area contributed by atoms with Gasteiger partial charge in [-0.15, -0.1) is 10.2 Å². The SMILES string of the molecule is COc1ccc(S(=O)(=O)N2CCN(c3ccc(-c4ccc(F)cc4)nn3)CC2)cc1. The molecular weight excluding hydrogens is 407 g/mol. The van der Waals surface area contributed by atoms with Crippen molar-refractivity contribution in [1.82, 2.24) is 14.5 Å². The molecule has 156 valence electrons. The van der Waals surface area contributed by atoms with Gasteiger partial charge in [-0.2, -0.15) is 4.31 Å². The van der Waals surface area contributed by atoms with E-state index < -0.39 is 10.0 Å². The molecule has 1 aromatic heterocycles. The van der Waals surface area contributed by atoms with Crippen LogP contribution in [0, 0.1) is 5.82 Å². The number of halogens is 1. The molecule has 0 radical (unpaired) electrons. The summed E-state index contributed by atoms with van der Waals surface area (Å²) in [5, 5.41) is 8.49. The second kappa shape index (κ2) is 8.37. The molecule has 2 heterocycles. The van der Waals surface area contributed by atoms with Gasteiger partial charge in [0.05, 0.1) is 17.7 Å². The molecule has 7 nitrogen and oxygen atoms in total. The molecule has 4 rings (SSSR count). The molecule has 1 aliphatic rings. The lowest BCUT2D eigenvalue weighted by molar-refractivity contribution is 0.383. The first-order chi connectivity index (χ1) is 14.5. The summed E-state index contributed by atoms with van der Waals surface area (Å²) in [6.07, 6.45) is 0. The summed E-state index contributed by atoms with van der Waals surface area (Å²) in [7, 11) is -2.01. The van der Waals surface area contributed by atoms with E-state index in [-0.39, 0.29) is 10.7 Å². The Labute approximate surface area is 174 Å². The van der Waals surface area contributed by atoms with Crippen LogP contribution in [0.3, 0.4) is 0 Å². The zero-order chi connectivity index (χ0) is 21.1. The van der Waals surface area contributed by atoms with Crippen molar-refractivity contribution in [1.29, 1.82) is 0 Å². The van der Waals surface area contributed by atoms with Gasteiger partial charge in [0.25, 0.3) is 0 Å². The largest absolute Gasteiger partial charge is 0.497 e. The number of hydrogen-bond donors (Lipinski definition) is 0. The highest BCUT2D eigenvalue weighted by Gasteiger charge is 2.29. The summed E-state index contributed by atoms with van der Waals surface area (Å²) < 4.78 is 45.4. The predicted octanol–water partition coefficient (Wildman–Crippen LogP) is 2.80. The first-order valence-electron chi connectivity index (χ1n) is 9.46. The smallest absolute Gasteiger partial charge is 0.243 e. The van der Waals surface area contributed by atoms with Gasteiger partial charge in [-0.25, -0.2) is 12.8 Å². The fraction of sp³-hybridized carbons (Fsp3) is 0.238. The van der Waals surface area contributed by atoms with E-state index >= 15 is 0 Å². The molecule has 1 saturated heterocycles. The molecule has 0 spiro atoms. The fourth-order valence-electron chi connectivity index (χ4n) is 3.32. The van der Waals surface area contributed by atoms with E-state index in [0.717, 1.165) is 5.56 Å². The normalized spacial score (nSPS) is 15.2. The lowest BCUT2D eigenvalue weighted by atomic mass is 10.1. The number of nitrogens with zero attached hydrogens (tertiary/aromatic N) is 4. The Bertz CT molecular complexity index is 1100. The molecular formula is C21H21FN4O3S. The number of rotatable bonds is 5. The number of aromatic nitrogens is 2. The van der Waals surface area contributed by atoms with Crippen LogP contribution in [-0.4, -0.2) is 56.2 Å². The van der Waals surface area contributed by atoms with Crippen molar-refractivity contribution >= 4 is 15.8 Å². The van der Waals surface area contributed by atoms with Gasteiger partial charge in [-0.1, -0.05) is 0 Å². The molecule has 1 aliphatic heterocycles. The summed E-state index contributed by atoms with van der Waals surface area (Å²) in [5.41, 5.74) is 1.44. The van der Waals surface area contributed by atoms with Gasteiger partial charge in [0.15, 0.2) is 5.82 Å². The van der Waals surface area contributed by atoms with Gasteiger partial charge in [-0.05, 0) is 60.7 Å². The van der Waals surface area contributed by atoms with Gasteiger partial charge in [0.2, 0.25) is 10.0 Å². The van der Waals surface area contributed by atoms with Gasteiger partial charge in [0.1, 0.15) is 11.6 Å². The summed E-state index contributed by atoms with van der Waals surface area (Å²) in [6, 6.07) is 16.1. The second-order valence-corrected chi connectivity index (χ2v) is 8.79. The fourth-order valence-corrected chi connectivity index (χ4v) is 4.74. The lowest BCUT2D eigenvalue weighted by Gasteiger charge is -2.34. The number of benzene rings is 2. The zero-order valence-corrected chi connectivity index (χ0v) is 17.2. The first-order valence-corrected chi connectivity index (χ1v) is 10.9. The topological polar surface area (TPSA) is 75.6 Å². The van der Waals surface area contributed by atoms with Crippen LogP contribution in [0.25, 0.3) is 11.3 Å². The number of piperazine rings is 1. The van der Waals surface area contributed by atoms with E-state index in [9.17, 15) is 12.8 Å². The van der Waals surface area contributed by atoms with E-state index in [1.807, 2.05) is 17.0 Å². The Balaban J connectivity index is 1.42. The third-order valence-electron chi connectivity index (χ3n) is 5.05. The van der Waals surface area contributed by atoms with Crippen molar-refractivity contribution in [3.63, 3.8) is 0 Å². The average molecular weight is 428 g/mol. The van der Waals surface area contributed by atoms with Gasteiger partial charge >= 0.3 is 0 Å². The molecule has 0 unspecified atom stereocenters. The van der Waals surface area contributed by atoms with Crippen LogP contribution in [0.1, 0.15) is 0 Å². The maximum Gasteiger partial charge on any atom is 0.243 e. The van der Waals surface area contributed by atoms with E-state index in [1.54, 1.807) is 36.4 Å². The van der Waals surface area contributed by atoms with E-state index in [2.05, 4.69) is 10.2 Å². The predicted molar refractivity (Wildman–Crippen MR) is 111 cm³/mol. The summed E-state index contributed by atoms with van der Waals surface area (Å²) in [5.74, 6) is 0.995. The quantitative estimate of drug-likeness (QED) is 0.622.